The normalized spacial score (nSPS) is 48.5. The highest BCUT2D eigenvalue weighted by Gasteiger charge is 2.62. The Balaban J connectivity index is 1.49. The standard InChI is InChI=1S/C12H19N/c1-13-5-3-9-6-10(9)7-12-4-2-11(12)8-12/h3,10-11,13H,2,4-8H2,1H3/b9-3-. The average Bonchev–Trinajstić information content (AvgIpc) is 2.95. The molecule has 3 aliphatic rings. The first-order valence-electron chi connectivity index (χ1n) is 5.68. The third-order valence-corrected chi connectivity index (χ3v) is 4.42. The zero-order valence-corrected chi connectivity index (χ0v) is 8.47. The van der Waals surface area contributed by atoms with E-state index in [1.54, 1.807) is 24.8 Å². The minimum atomic E-state index is 0.889. The van der Waals surface area contributed by atoms with E-state index in [1.165, 1.54) is 18.8 Å². The topological polar surface area (TPSA) is 12.0 Å². The predicted octanol–water partition coefficient (Wildman–Crippen LogP) is 2.34. The van der Waals surface area contributed by atoms with Crippen molar-refractivity contribution in [1.82, 2.24) is 5.32 Å². The largest absolute Gasteiger partial charge is 0.316 e. The van der Waals surface area contributed by atoms with E-state index in [4.69, 9.17) is 0 Å². The van der Waals surface area contributed by atoms with Crippen LogP contribution >= 0.6 is 0 Å². The highest BCUT2D eigenvalue weighted by molar-refractivity contribution is 5.27. The molecule has 1 N–H and O–H groups in total. The van der Waals surface area contributed by atoms with Crippen LogP contribution < -0.4 is 5.32 Å². The van der Waals surface area contributed by atoms with Gasteiger partial charge in [0.2, 0.25) is 0 Å². The zero-order valence-electron chi connectivity index (χ0n) is 8.47. The van der Waals surface area contributed by atoms with E-state index in [0.29, 0.717) is 0 Å². The minimum Gasteiger partial charge on any atom is -0.316 e. The first-order chi connectivity index (χ1) is 6.34. The van der Waals surface area contributed by atoms with Crippen molar-refractivity contribution < 1.29 is 0 Å². The molecule has 0 aromatic carbocycles. The first kappa shape index (κ1) is 8.05. The van der Waals surface area contributed by atoms with Crippen LogP contribution in [0, 0.1) is 17.3 Å². The molecule has 0 amide bonds. The average molecular weight is 177 g/mol. The van der Waals surface area contributed by atoms with E-state index >= 15 is 0 Å². The lowest BCUT2D eigenvalue weighted by Crippen LogP contribution is -2.14. The molecule has 0 aromatic heterocycles. The number of rotatable bonds is 4. The van der Waals surface area contributed by atoms with E-state index in [2.05, 4.69) is 11.4 Å². The zero-order chi connectivity index (χ0) is 8.89. The third kappa shape index (κ3) is 1.25. The lowest BCUT2D eigenvalue weighted by molar-refractivity contribution is 0.263. The van der Waals surface area contributed by atoms with Gasteiger partial charge in [0.05, 0.1) is 0 Å². The van der Waals surface area contributed by atoms with Gasteiger partial charge in [-0.05, 0) is 56.4 Å². The monoisotopic (exact) mass is 177 g/mol. The van der Waals surface area contributed by atoms with Crippen molar-refractivity contribution >= 4 is 0 Å². The van der Waals surface area contributed by atoms with Crippen molar-refractivity contribution in [2.75, 3.05) is 13.6 Å². The number of fused-ring (bicyclic) bond motifs is 1. The highest BCUT2D eigenvalue weighted by atomic mass is 14.8. The van der Waals surface area contributed by atoms with Gasteiger partial charge in [-0.3, -0.25) is 0 Å². The first-order valence-corrected chi connectivity index (χ1v) is 5.68. The molecule has 0 spiro atoms. The Kier molecular flexibility index (Phi) is 1.61. The van der Waals surface area contributed by atoms with Gasteiger partial charge in [0.25, 0.3) is 0 Å². The molecule has 0 aliphatic heterocycles. The Labute approximate surface area is 80.6 Å². The highest BCUT2D eigenvalue weighted by Crippen LogP contribution is 2.72. The number of likely N-dealkylation sites (N-methyl/N-ethyl adjacent to an activating group) is 1. The molecule has 1 nitrogen and oxygen atoms in total. The van der Waals surface area contributed by atoms with Crippen LogP contribution in [0.25, 0.3) is 0 Å². The number of hydrogen-bond donors (Lipinski definition) is 1. The summed E-state index contributed by atoms with van der Waals surface area (Å²) in [6.07, 6.45) is 10.0. The van der Waals surface area contributed by atoms with E-state index in [0.717, 1.165) is 17.9 Å². The van der Waals surface area contributed by atoms with Crippen LogP contribution in [0.4, 0.5) is 0 Å². The van der Waals surface area contributed by atoms with Crippen LogP contribution in [0.5, 0.6) is 0 Å². The molecule has 13 heavy (non-hydrogen) atoms. The van der Waals surface area contributed by atoms with Crippen molar-refractivity contribution in [3.8, 4) is 0 Å². The van der Waals surface area contributed by atoms with Gasteiger partial charge in [0.15, 0.2) is 0 Å². The van der Waals surface area contributed by atoms with Gasteiger partial charge in [-0.25, -0.2) is 0 Å². The molecule has 0 saturated heterocycles. The van der Waals surface area contributed by atoms with Crippen molar-refractivity contribution in [2.45, 2.75) is 32.1 Å². The molecule has 3 fully saturated rings. The maximum Gasteiger partial charge on any atom is 0.0134 e. The van der Waals surface area contributed by atoms with Gasteiger partial charge in [0.1, 0.15) is 0 Å². The second-order valence-corrected chi connectivity index (χ2v) is 5.24. The molecule has 0 radical (unpaired) electrons. The summed E-state index contributed by atoms with van der Waals surface area (Å²) in [6.45, 7) is 1.07. The molecule has 3 atom stereocenters. The van der Waals surface area contributed by atoms with Crippen molar-refractivity contribution in [3.05, 3.63) is 11.6 Å². The predicted molar refractivity (Wildman–Crippen MR) is 54.5 cm³/mol. The van der Waals surface area contributed by atoms with Crippen LogP contribution in [0.1, 0.15) is 32.1 Å². The Morgan fingerprint density at radius 1 is 1.62 bits per heavy atom. The number of hydrogen-bond acceptors (Lipinski definition) is 1. The van der Waals surface area contributed by atoms with Crippen molar-refractivity contribution in [1.29, 1.82) is 0 Å². The Morgan fingerprint density at radius 3 is 3.08 bits per heavy atom. The summed E-state index contributed by atoms with van der Waals surface area (Å²) in [5.41, 5.74) is 2.63. The molecule has 72 valence electrons. The molecule has 0 heterocycles. The fourth-order valence-electron chi connectivity index (χ4n) is 3.15. The van der Waals surface area contributed by atoms with E-state index in [-0.39, 0.29) is 0 Å². The number of nitrogens with one attached hydrogen (secondary N) is 1. The number of allylic oxidation sites excluding steroid dienone is 1. The fraction of sp³-hybridized carbons (Fsp3) is 0.833. The van der Waals surface area contributed by atoms with Crippen LogP contribution in [-0.4, -0.2) is 13.6 Å². The third-order valence-electron chi connectivity index (χ3n) is 4.42. The second-order valence-electron chi connectivity index (χ2n) is 5.24. The van der Waals surface area contributed by atoms with E-state index in [9.17, 15) is 0 Å². The maximum atomic E-state index is 3.18. The van der Waals surface area contributed by atoms with Crippen LogP contribution in [0.3, 0.4) is 0 Å². The Bertz CT molecular complexity index is 252. The summed E-state index contributed by atoms with van der Waals surface area (Å²) < 4.78 is 0. The summed E-state index contributed by atoms with van der Waals surface area (Å²) in [5.74, 6) is 2.16. The molecular weight excluding hydrogens is 158 g/mol. The molecule has 3 rings (SSSR count). The van der Waals surface area contributed by atoms with E-state index in [1.807, 2.05) is 7.05 Å². The van der Waals surface area contributed by atoms with Gasteiger partial charge in [-0.15, -0.1) is 0 Å². The molecule has 3 aliphatic carbocycles. The van der Waals surface area contributed by atoms with Gasteiger partial charge in [-0.2, -0.15) is 0 Å². The lowest BCUT2D eigenvalue weighted by Gasteiger charge is -2.24. The Hall–Kier alpha value is -0.300. The van der Waals surface area contributed by atoms with Crippen LogP contribution in [0.2, 0.25) is 0 Å². The lowest BCUT2D eigenvalue weighted by atomic mass is 9.80. The van der Waals surface area contributed by atoms with Crippen LogP contribution in [-0.2, 0) is 0 Å². The molecular formula is C12H19N. The second kappa shape index (κ2) is 2.60. The summed E-state index contributed by atoms with van der Waals surface area (Å²) in [7, 11) is 2.02. The van der Waals surface area contributed by atoms with Gasteiger partial charge in [-0.1, -0.05) is 11.6 Å². The van der Waals surface area contributed by atoms with Crippen LogP contribution in [0.15, 0.2) is 11.6 Å². The van der Waals surface area contributed by atoms with E-state index < -0.39 is 0 Å². The summed E-state index contributed by atoms with van der Waals surface area (Å²) in [6, 6.07) is 0. The van der Waals surface area contributed by atoms with Gasteiger partial charge < -0.3 is 5.32 Å². The quantitative estimate of drug-likeness (QED) is 0.650. The Morgan fingerprint density at radius 2 is 2.54 bits per heavy atom. The maximum absolute atomic E-state index is 3.18. The van der Waals surface area contributed by atoms with Crippen molar-refractivity contribution in [2.24, 2.45) is 17.3 Å². The summed E-state index contributed by atoms with van der Waals surface area (Å²) in [4.78, 5) is 0. The van der Waals surface area contributed by atoms with Gasteiger partial charge in [0, 0.05) is 6.54 Å². The molecule has 0 bridgehead atoms. The molecule has 3 unspecified atom stereocenters. The minimum absolute atomic E-state index is 0.889. The summed E-state index contributed by atoms with van der Waals surface area (Å²) in [5, 5.41) is 3.18. The summed E-state index contributed by atoms with van der Waals surface area (Å²) >= 11 is 0. The fourth-order valence-corrected chi connectivity index (χ4v) is 3.15. The smallest absolute Gasteiger partial charge is 0.0134 e. The van der Waals surface area contributed by atoms with Gasteiger partial charge >= 0.3 is 0 Å². The van der Waals surface area contributed by atoms with Crippen molar-refractivity contribution in [3.63, 3.8) is 0 Å². The molecule has 0 aromatic rings. The SMILES string of the molecule is CNC/C=C1/CC1CC12CCC1C2. The molecule has 3 saturated carbocycles. The molecule has 1 heteroatoms.